The minimum absolute atomic E-state index is 0.214. The molecule has 7 nitrogen and oxygen atoms in total. The molecular weight excluding hydrogens is 444 g/mol. The Hall–Kier alpha value is -3.58. The van der Waals surface area contributed by atoms with Gasteiger partial charge in [0, 0.05) is 25.5 Å². The van der Waals surface area contributed by atoms with Gasteiger partial charge in [-0.2, -0.15) is 0 Å². The molecule has 3 rings (SSSR count). The fraction of sp³-hybridized carbons (Fsp3) is 0.357. The van der Waals surface area contributed by atoms with Gasteiger partial charge in [0.05, 0.1) is 6.61 Å². The molecule has 0 saturated heterocycles. The Morgan fingerprint density at radius 2 is 1.69 bits per heavy atom. The van der Waals surface area contributed by atoms with Crippen LogP contribution in [0.1, 0.15) is 79.0 Å². The van der Waals surface area contributed by atoms with E-state index in [-0.39, 0.29) is 12.3 Å². The molecule has 2 aromatic carbocycles. The number of aryl methyl sites for hydroxylation is 1. The highest BCUT2D eigenvalue weighted by atomic mass is 16.5. The van der Waals surface area contributed by atoms with Crippen molar-refractivity contribution in [2.75, 3.05) is 6.61 Å². The van der Waals surface area contributed by atoms with Crippen LogP contribution in [0.3, 0.4) is 0 Å². The average molecular weight is 477 g/mol. The first kappa shape index (κ1) is 26.0. The van der Waals surface area contributed by atoms with Crippen molar-refractivity contribution in [3.63, 3.8) is 0 Å². The van der Waals surface area contributed by atoms with E-state index in [9.17, 15) is 19.5 Å². The van der Waals surface area contributed by atoms with Crippen LogP contribution in [0.4, 0.5) is 0 Å². The van der Waals surface area contributed by atoms with Crippen molar-refractivity contribution in [3.8, 4) is 11.1 Å². The van der Waals surface area contributed by atoms with Crippen molar-refractivity contribution in [2.45, 2.75) is 59.6 Å². The van der Waals surface area contributed by atoms with Crippen molar-refractivity contribution < 1.29 is 24.2 Å². The normalized spacial score (nSPS) is 11.4. The third kappa shape index (κ3) is 5.74. The van der Waals surface area contributed by atoms with Crippen LogP contribution < -0.4 is 0 Å². The number of hydrogen-bond acceptors (Lipinski definition) is 6. The third-order valence-corrected chi connectivity index (χ3v) is 5.67. The highest BCUT2D eigenvalue weighted by molar-refractivity contribution is 6.44. The van der Waals surface area contributed by atoms with Crippen LogP contribution in [0.15, 0.2) is 48.5 Å². The van der Waals surface area contributed by atoms with Crippen LogP contribution in [0, 0.1) is 0 Å². The number of hydrogen-bond donors (Lipinski definition) is 1. The number of imidazole rings is 1. The molecule has 184 valence electrons. The molecule has 35 heavy (non-hydrogen) atoms. The molecule has 0 radical (unpaired) electrons. The van der Waals surface area contributed by atoms with Gasteiger partial charge < -0.3 is 14.4 Å². The highest BCUT2D eigenvalue weighted by Gasteiger charge is 2.32. The molecule has 7 heteroatoms. The maximum Gasteiger partial charge on any atom is 0.357 e. The molecule has 0 spiro atoms. The third-order valence-electron chi connectivity index (χ3n) is 5.67. The maximum atomic E-state index is 12.9. The summed E-state index contributed by atoms with van der Waals surface area (Å²) in [6, 6.07) is 14.6. The summed E-state index contributed by atoms with van der Waals surface area (Å²) in [6.45, 7) is 8.82. The Kier molecular flexibility index (Phi) is 8.02. The van der Waals surface area contributed by atoms with Crippen LogP contribution in [-0.4, -0.2) is 38.8 Å². The Morgan fingerprint density at radius 3 is 2.26 bits per heavy atom. The quantitative estimate of drug-likeness (QED) is 0.258. The fourth-order valence-corrected chi connectivity index (χ4v) is 4.01. The number of carbonyl (C=O) groups is 3. The molecule has 1 aromatic heterocycles. The second kappa shape index (κ2) is 10.8. The van der Waals surface area contributed by atoms with E-state index in [2.05, 4.69) is 4.98 Å². The number of aliphatic hydroxyl groups is 1. The summed E-state index contributed by atoms with van der Waals surface area (Å²) in [5.74, 6) is -0.848. The second-order valence-corrected chi connectivity index (χ2v) is 8.97. The van der Waals surface area contributed by atoms with Gasteiger partial charge in [-0.15, -0.1) is 0 Å². The zero-order chi connectivity index (χ0) is 25.8. The Morgan fingerprint density at radius 1 is 1.03 bits per heavy atom. The van der Waals surface area contributed by atoms with Gasteiger partial charge in [-0.3, -0.25) is 9.59 Å². The van der Waals surface area contributed by atoms with Gasteiger partial charge in [0.1, 0.15) is 17.1 Å². The smallest absolute Gasteiger partial charge is 0.357 e. The fourth-order valence-electron chi connectivity index (χ4n) is 4.01. The standard InChI is InChI=1S/C28H32N2O5/c1-6-10-23-29-26(28(4,5)34)24(27(33)35-7-2)30(23)17-19-13-15-20(16-14-19)21-11-8-9-12-22(21)25(32)18(3)31/h8-9,11-16,34H,6-7,10,17H2,1-5H3. The lowest BCUT2D eigenvalue weighted by Crippen LogP contribution is -2.23. The summed E-state index contributed by atoms with van der Waals surface area (Å²) >= 11 is 0. The van der Waals surface area contributed by atoms with Crippen LogP contribution in [-0.2, 0) is 28.1 Å². The van der Waals surface area contributed by atoms with E-state index in [1.54, 1.807) is 32.9 Å². The van der Waals surface area contributed by atoms with Crippen molar-refractivity contribution in [2.24, 2.45) is 0 Å². The molecule has 0 amide bonds. The first-order valence-corrected chi connectivity index (χ1v) is 11.8. The summed E-state index contributed by atoms with van der Waals surface area (Å²) in [4.78, 5) is 41.5. The van der Waals surface area contributed by atoms with Crippen molar-refractivity contribution in [1.82, 2.24) is 9.55 Å². The molecule has 0 atom stereocenters. The number of ketones is 2. The first-order valence-electron chi connectivity index (χ1n) is 11.8. The topological polar surface area (TPSA) is 98.5 Å². The lowest BCUT2D eigenvalue weighted by atomic mass is 9.95. The van der Waals surface area contributed by atoms with E-state index in [4.69, 9.17) is 4.74 Å². The van der Waals surface area contributed by atoms with E-state index in [0.717, 1.165) is 17.5 Å². The monoisotopic (exact) mass is 476 g/mol. The lowest BCUT2D eigenvalue weighted by molar-refractivity contribution is -0.113. The molecule has 0 aliphatic rings. The molecule has 0 fully saturated rings. The minimum Gasteiger partial charge on any atom is -0.461 e. The zero-order valence-corrected chi connectivity index (χ0v) is 20.9. The van der Waals surface area contributed by atoms with E-state index in [1.165, 1.54) is 6.92 Å². The molecule has 0 aliphatic carbocycles. The van der Waals surface area contributed by atoms with Crippen LogP contribution in [0.5, 0.6) is 0 Å². The van der Waals surface area contributed by atoms with Gasteiger partial charge >= 0.3 is 5.97 Å². The number of Topliss-reactive ketones (excluding diaryl/α,β-unsaturated/α-hetero) is 2. The number of ether oxygens (including phenoxy) is 1. The Bertz CT molecular complexity index is 1230. The molecule has 1 N–H and O–H groups in total. The van der Waals surface area contributed by atoms with Gasteiger partial charge in [-0.05, 0) is 43.9 Å². The second-order valence-electron chi connectivity index (χ2n) is 8.97. The molecule has 1 heterocycles. The predicted molar refractivity (Wildman–Crippen MR) is 133 cm³/mol. The van der Waals surface area contributed by atoms with Gasteiger partial charge in [-0.1, -0.05) is 55.5 Å². The number of carbonyl (C=O) groups excluding carboxylic acids is 3. The molecule has 0 bridgehead atoms. The lowest BCUT2D eigenvalue weighted by Gasteiger charge is -2.17. The van der Waals surface area contributed by atoms with E-state index < -0.39 is 23.1 Å². The predicted octanol–water partition coefficient (Wildman–Crippen LogP) is 4.73. The number of aromatic nitrogens is 2. The summed E-state index contributed by atoms with van der Waals surface area (Å²) < 4.78 is 7.11. The van der Waals surface area contributed by atoms with Crippen molar-refractivity contribution >= 4 is 17.5 Å². The molecule has 0 aliphatic heterocycles. The number of esters is 1. The van der Waals surface area contributed by atoms with E-state index in [1.807, 2.05) is 47.9 Å². The molecular formula is C28H32N2O5. The number of benzene rings is 2. The van der Waals surface area contributed by atoms with Gasteiger partial charge in [0.15, 0.2) is 11.5 Å². The number of nitrogens with zero attached hydrogens (tertiary/aromatic N) is 2. The summed E-state index contributed by atoms with van der Waals surface area (Å²) in [5, 5.41) is 10.7. The zero-order valence-electron chi connectivity index (χ0n) is 20.9. The van der Waals surface area contributed by atoms with Crippen molar-refractivity contribution in [3.05, 3.63) is 76.9 Å². The first-order chi connectivity index (χ1) is 16.6. The van der Waals surface area contributed by atoms with Crippen molar-refractivity contribution in [1.29, 1.82) is 0 Å². The van der Waals surface area contributed by atoms with Gasteiger partial charge in [0.25, 0.3) is 0 Å². The highest BCUT2D eigenvalue weighted by Crippen LogP contribution is 2.28. The van der Waals surface area contributed by atoms with Gasteiger partial charge in [0.2, 0.25) is 5.78 Å². The van der Waals surface area contributed by atoms with E-state index in [0.29, 0.717) is 35.6 Å². The van der Waals surface area contributed by atoms with Crippen LogP contribution in [0.25, 0.3) is 11.1 Å². The largest absolute Gasteiger partial charge is 0.461 e. The van der Waals surface area contributed by atoms with Crippen LogP contribution in [0.2, 0.25) is 0 Å². The minimum atomic E-state index is -1.31. The summed E-state index contributed by atoms with van der Waals surface area (Å²) in [7, 11) is 0. The summed E-state index contributed by atoms with van der Waals surface area (Å²) in [5.41, 5.74) is 2.01. The molecule has 0 unspecified atom stereocenters. The van der Waals surface area contributed by atoms with Gasteiger partial charge in [-0.25, -0.2) is 9.78 Å². The number of rotatable bonds is 10. The average Bonchev–Trinajstić information content (AvgIpc) is 3.18. The summed E-state index contributed by atoms with van der Waals surface area (Å²) in [6.07, 6.45) is 1.46. The molecule has 0 saturated carbocycles. The van der Waals surface area contributed by atoms with Crippen LogP contribution >= 0.6 is 0 Å². The molecule has 3 aromatic rings. The Labute approximate surface area is 205 Å². The maximum absolute atomic E-state index is 12.9. The SMILES string of the molecule is CCCc1nc(C(C)(C)O)c(C(=O)OCC)n1Cc1ccc(-c2ccccc2C(=O)C(C)=O)cc1. The Balaban J connectivity index is 2.03. The van der Waals surface area contributed by atoms with E-state index >= 15 is 0 Å².